The zero-order valence-electron chi connectivity index (χ0n) is 15.1. The van der Waals surface area contributed by atoms with E-state index in [4.69, 9.17) is 5.73 Å². The molecule has 5 fully saturated rings. The summed E-state index contributed by atoms with van der Waals surface area (Å²) in [5.41, 5.74) is 5.54. The number of piperidine rings is 1. The van der Waals surface area contributed by atoms with Gasteiger partial charge in [0.15, 0.2) is 0 Å². The van der Waals surface area contributed by atoms with Crippen LogP contribution in [0.15, 0.2) is 0 Å². The molecule has 4 saturated carbocycles. The van der Waals surface area contributed by atoms with Gasteiger partial charge in [-0.3, -0.25) is 9.59 Å². The molecule has 2 N–H and O–H groups in total. The highest BCUT2D eigenvalue weighted by molar-refractivity contribution is 9.10. The van der Waals surface area contributed by atoms with Gasteiger partial charge in [-0.2, -0.15) is 0 Å². The van der Waals surface area contributed by atoms with E-state index in [2.05, 4.69) is 20.8 Å². The van der Waals surface area contributed by atoms with Crippen LogP contribution in [0.25, 0.3) is 0 Å². The van der Waals surface area contributed by atoms with E-state index >= 15 is 0 Å². The fourth-order valence-electron chi connectivity index (χ4n) is 6.85. The van der Waals surface area contributed by atoms with Gasteiger partial charge >= 0.3 is 0 Å². The predicted molar refractivity (Wildman–Crippen MR) is 101 cm³/mol. The third-order valence-electron chi connectivity index (χ3n) is 7.31. The summed E-state index contributed by atoms with van der Waals surface area (Å²) in [4.78, 5) is 26.2. The van der Waals surface area contributed by atoms with Crippen molar-refractivity contribution in [1.29, 1.82) is 0 Å². The molecule has 0 spiro atoms. The Labute approximate surface area is 159 Å². The number of halogens is 1. The molecule has 2 amide bonds. The highest BCUT2D eigenvalue weighted by atomic mass is 79.9. The summed E-state index contributed by atoms with van der Waals surface area (Å²) in [5, 5.41) is 0. The van der Waals surface area contributed by atoms with Crippen LogP contribution in [-0.4, -0.2) is 34.1 Å². The van der Waals surface area contributed by atoms with Crippen molar-refractivity contribution in [3.05, 3.63) is 0 Å². The third kappa shape index (κ3) is 3.77. The lowest BCUT2D eigenvalue weighted by Gasteiger charge is -2.60. The van der Waals surface area contributed by atoms with Crippen LogP contribution in [-0.2, 0) is 9.59 Å². The number of rotatable bonds is 5. The molecule has 25 heavy (non-hydrogen) atoms. The molecule has 4 aliphatic carbocycles. The van der Waals surface area contributed by atoms with Crippen LogP contribution in [0.5, 0.6) is 0 Å². The molecule has 4 nitrogen and oxygen atoms in total. The molecule has 0 aromatic rings. The number of primary amides is 1. The van der Waals surface area contributed by atoms with Gasteiger partial charge < -0.3 is 10.6 Å². The van der Waals surface area contributed by atoms with Crippen molar-refractivity contribution < 1.29 is 9.59 Å². The van der Waals surface area contributed by atoms with E-state index in [0.717, 1.165) is 50.6 Å². The highest BCUT2D eigenvalue weighted by Gasteiger charge is 2.57. The van der Waals surface area contributed by atoms with Gasteiger partial charge in [-0.15, -0.1) is 0 Å². The Morgan fingerprint density at radius 2 is 1.88 bits per heavy atom. The quantitative estimate of drug-likeness (QED) is 0.703. The molecule has 140 valence electrons. The number of likely N-dealkylation sites (tertiary alicyclic amines) is 1. The molecule has 5 aliphatic rings. The molecule has 1 heterocycles. The summed E-state index contributed by atoms with van der Waals surface area (Å²) in [7, 11) is 0. The standard InChI is InChI=1S/C20H31BrN2O2/c21-20-9-15-6-16(10-20)8-19(7-15,13-20)11-18(25)23-5-1-2-14(12-23)3-4-17(22)24/h14-16H,1-13H2,(H2,22,24). The van der Waals surface area contributed by atoms with E-state index in [1.807, 2.05) is 0 Å². The maximum Gasteiger partial charge on any atom is 0.223 e. The van der Waals surface area contributed by atoms with Gasteiger partial charge in [-0.25, -0.2) is 0 Å². The highest BCUT2D eigenvalue weighted by Crippen LogP contribution is 2.65. The van der Waals surface area contributed by atoms with Gasteiger partial charge in [-0.1, -0.05) is 15.9 Å². The smallest absolute Gasteiger partial charge is 0.223 e. The van der Waals surface area contributed by atoms with E-state index in [9.17, 15) is 9.59 Å². The molecular formula is C20H31BrN2O2. The van der Waals surface area contributed by atoms with E-state index in [1.54, 1.807) is 0 Å². The first-order chi connectivity index (χ1) is 11.8. The minimum atomic E-state index is -0.223. The van der Waals surface area contributed by atoms with Crippen LogP contribution in [0.4, 0.5) is 0 Å². The minimum absolute atomic E-state index is 0.223. The number of nitrogens with two attached hydrogens (primary N) is 1. The van der Waals surface area contributed by atoms with Crippen molar-refractivity contribution in [1.82, 2.24) is 4.90 Å². The Morgan fingerprint density at radius 1 is 1.16 bits per heavy atom. The van der Waals surface area contributed by atoms with Gasteiger partial charge in [0, 0.05) is 30.3 Å². The zero-order chi connectivity index (χ0) is 17.7. The molecule has 5 rings (SSSR count). The number of hydrogen-bond donors (Lipinski definition) is 1. The molecule has 0 aromatic heterocycles. The van der Waals surface area contributed by atoms with Crippen LogP contribution in [0.2, 0.25) is 0 Å². The van der Waals surface area contributed by atoms with Gasteiger partial charge in [0.2, 0.25) is 11.8 Å². The van der Waals surface area contributed by atoms with Gasteiger partial charge in [0.25, 0.3) is 0 Å². The van der Waals surface area contributed by atoms with Gasteiger partial charge in [-0.05, 0) is 81.0 Å². The van der Waals surface area contributed by atoms with Crippen LogP contribution < -0.4 is 5.73 Å². The van der Waals surface area contributed by atoms with Crippen molar-refractivity contribution >= 4 is 27.7 Å². The molecule has 3 unspecified atom stereocenters. The summed E-state index contributed by atoms with van der Waals surface area (Å²) in [5.74, 6) is 2.25. The fraction of sp³-hybridized carbons (Fsp3) is 0.900. The second kappa shape index (κ2) is 6.54. The second-order valence-corrected chi connectivity index (χ2v) is 11.3. The lowest BCUT2D eigenvalue weighted by molar-refractivity contribution is -0.140. The molecule has 5 heteroatoms. The van der Waals surface area contributed by atoms with Crippen LogP contribution >= 0.6 is 15.9 Å². The number of carbonyl (C=O) groups is 2. The van der Waals surface area contributed by atoms with E-state index in [-0.39, 0.29) is 11.3 Å². The summed E-state index contributed by atoms with van der Waals surface area (Å²) >= 11 is 4.05. The number of hydrogen-bond acceptors (Lipinski definition) is 2. The lowest BCUT2D eigenvalue weighted by atomic mass is 9.48. The van der Waals surface area contributed by atoms with Crippen LogP contribution in [0.1, 0.15) is 70.6 Å². The first kappa shape index (κ1) is 17.8. The first-order valence-electron chi connectivity index (χ1n) is 10.1. The van der Waals surface area contributed by atoms with E-state index in [0.29, 0.717) is 22.6 Å². The van der Waals surface area contributed by atoms with E-state index < -0.39 is 0 Å². The van der Waals surface area contributed by atoms with Gasteiger partial charge in [0.05, 0.1) is 0 Å². The third-order valence-corrected chi connectivity index (χ3v) is 8.24. The molecule has 1 saturated heterocycles. The number of carbonyl (C=O) groups excluding carboxylic acids is 2. The number of nitrogens with zero attached hydrogens (tertiary/aromatic N) is 1. The normalized spacial score (nSPS) is 42.6. The van der Waals surface area contributed by atoms with Crippen molar-refractivity contribution in [3.63, 3.8) is 0 Å². The molecular weight excluding hydrogens is 380 g/mol. The first-order valence-corrected chi connectivity index (χ1v) is 10.9. The summed E-state index contributed by atoms with van der Waals surface area (Å²) < 4.78 is 0.323. The topological polar surface area (TPSA) is 63.4 Å². The van der Waals surface area contributed by atoms with Crippen molar-refractivity contribution in [2.24, 2.45) is 28.9 Å². The fourth-order valence-corrected chi connectivity index (χ4v) is 8.36. The lowest BCUT2D eigenvalue weighted by Crippen LogP contribution is -2.54. The number of amides is 2. The van der Waals surface area contributed by atoms with E-state index in [1.165, 1.54) is 38.5 Å². The molecule has 0 radical (unpaired) electrons. The van der Waals surface area contributed by atoms with Crippen LogP contribution in [0, 0.1) is 23.2 Å². The summed E-state index contributed by atoms with van der Waals surface area (Å²) in [6, 6.07) is 0. The minimum Gasteiger partial charge on any atom is -0.370 e. The maximum absolute atomic E-state index is 13.1. The zero-order valence-corrected chi connectivity index (χ0v) is 16.7. The maximum atomic E-state index is 13.1. The summed E-state index contributed by atoms with van der Waals surface area (Å²) in [6.45, 7) is 1.73. The molecule has 1 aliphatic heterocycles. The largest absolute Gasteiger partial charge is 0.370 e. The van der Waals surface area contributed by atoms with Crippen molar-refractivity contribution in [2.45, 2.75) is 75.0 Å². The Hall–Kier alpha value is -0.580. The summed E-state index contributed by atoms with van der Waals surface area (Å²) in [6.07, 6.45) is 12.0. The molecule has 4 bridgehead atoms. The average Bonchev–Trinajstić information content (AvgIpc) is 2.50. The van der Waals surface area contributed by atoms with Crippen molar-refractivity contribution in [3.8, 4) is 0 Å². The SMILES string of the molecule is NC(=O)CCC1CCCN(C(=O)CC23CC4CC(CC(Br)(C4)C2)C3)C1. The van der Waals surface area contributed by atoms with Gasteiger partial charge in [0.1, 0.15) is 0 Å². The monoisotopic (exact) mass is 410 g/mol. The predicted octanol–water partition coefficient (Wildman–Crippen LogP) is 3.61. The molecule has 0 aromatic carbocycles. The Kier molecular flexibility index (Phi) is 4.66. The Bertz CT molecular complexity index is 550. The average molecular weight is 411 g/mol. The molecule has 3 atom stereocenters. The second-order valence-electron chi connectivity index (χ2n) is 9.64. The Balaban J connectivity index is 1.38. The van der Waals surface area contributed by atoms with Crippen molar-refractivity contribution in [2.75, 3.05) is 13.1 Å². The van der Waals surface area contributed by atoms with Crippen LogP contribution in [0.3, 0.4) is 0 Å². The number of alkyl halides is 1. The Morgan fingerprint density at radius 3 is 2.52 bits per heavy atom.